The first-order valence-corrected chi connectivity index (χ1v) is 9.86. The van der Waals surface area contributed by atoms with Crippen molar-refractivity contribution in [3.05, 3.63) is 72.1 Å². The first-order chi connectivity index (χ1) is 14.1. The highest BCUT2D eigenvalue weighted by atomic mass is 16.1. The molecule has 0 unspecified atom stereocenters. The van der Waals surface area contributed by atoms with Gasteiger partial charge in [0, 0.05) is 26.2 Å². The molecule has 0 spiro atoms. The Morgan fingerprint density at radius 1 is 1.10 bits per heavy atom. The van der Waals surface area contributed by atoms with E-state index in [9.17, 15) is 4.79 Å². The van der Waals surface area contributed by atoms with Crippen molar-refractivity contribution >= 4 is 17.5 Å². The van der Waals surface area contributed by atoms with Crippen LogP contribution in [0.5, 0.6) is 0 Å². The lowest BCUT2D eigenvalue weighted by molar-refractivity contribution is -0.121. The molecule has 1 aliphatic rings. The minimum atomic E-state index is -0.218. The SMILES string of the molecule is CCC(=O)N[C@@H]1[C@@H](c2ccc(N(C)C)cc2)Nc2ncnn2[C@H]1c1ccccc1. The van der Waals surface area contributed by atoms with E-state index in [4.69, 9.17) is 0 Å². The zero-order valence-electron chi connectivity index (χ0n) is 16.9. The van der Waals surface area contributed by atoms with Crippen LogP contribution in [0.15, 0.2) is 60.9 Å². The Morgan fingerprint density at radius 2 is 1.83 bits per heavy atom. The molecule has 0 aliphatic carbocycles. The van der Waals surface area contributed by atoms with Gasteiger partial charge in [0.05, 0.1) is 12.1 Å². The Hall–Kier alpha value is -3.35. The fourth-order valence-corrected chi connectivity index (χ4v) is 3.84. The highest BCUT2D eigenvalue weighted by molar-refractivity contribution is 5.76. The van der Waals surface area contributed by atoms with Crippen molar-refractivity contribution in [3.8, 4) is 0 Å². The number of carbonyl (C=O) groups excluding carboxylic acids is 1. The van der Waals surface area contributed by atoms with Crippen molar-refractivity contribution in [2.75, 3.05) is 24.3 Å². The number of nitrogens with one attached hydrogen (secondary N) is 2. The lowest BCUT2D eigenvalue weighted by Crippen LogP contribution is -2.51. The molecule has 7 heteroatoms. The molecule has 3 atom stereocenters. The van der Waals surface area contributed by atoms with E-state index in [2.05, 4.69) is 62.0 Å². The molecular formula is C22H26N6O. The van der Waals surface area contributed by atoms with E-state index >= 15 is 0 Å². The zero-order chi connectivity index (χ0) is 20.4. The molecule has 2 heterocycles. The molecule has 4 rings (SSSR count). The van der Waals surface area contributed by atoms with Crippen molar-refractivity contribution in [3.63, 3.8) is 0 Å². The van der Waals surface area contributed by atoms with E-state index < -0.39 is 0 Å². The van der Waals surface area contributed by atoms with E-state index in [1.807, 2.05) is 43.9 Å². The number of rotatable bonds is 5. The van der Waals surface area contributed by atoms with Gasteiger partial charge in [-0.15, -0.1) is 0 Å². The molecule has 2 N–H and O–H groups in total. The molecular weight excluding hydrogens is 364 g/mol. The van der Waals surface area contributed by atoms with Crippen LogP contribution in [0, 0.1) is 0 Å². The zero-order valence-corrected chi connectivity index (χ0v) is 16.9. The summed E-state index contributed by atoms with van der Waals surface area (Å²) in [5, 5.41) is 11.2. The summed E-state index contributed by atoms with van der Waals surface area (Å²) in [7, 11) is 4.04. The number of nitrogens with zero attached hydrogens (tertiary/aromatic N) is 4. The number of hydrogen-bond donors (Lipinski definition) is 2. The molecule has 3 aromatic rings. The summed E-state index contributed by atoms with van der Waals surface area (Å²) < 4.78 is 1.86. The third-order valence-electron chi connectivity index (χ3n) is 5.38. The van der Waals surface area contributed by atoms with Gasteiger partial charge in [0.15, 0.2) is 0 Å². The number of aromatic nitrogens is 3. The predicted octanol–water partition coefficient (Wildman–Crippen LogP) is 3.00. The van der Waals surface area contributed by atoms with E-state index in [0.29, 0.717) is 12.4 Å². The summed E-state index contributed by atoms with van der Waals surface area (Å²) in [6, 6.07) is 18.0. The fraction of sp³-hybridized carbons (Fsp3) is 0.318. The maximum absolute atomic E-state index is 12.4. The van der Waals surface area contributed by atoms with Crippen molar-refractivity contribution in [1.82, 2.24) is 20.1 Å². The van der Waals surface area contributed by atoms with E-state index in [1.54, 1.807) is 6.33 Å². The standard InChI is InChI=1S/C22H26N6O/c1-4-18(29)25-20-19(15-10-12-17(13-11-15)27(2)3)26-22-23-14-24-28(22)21(20)16-8-6-5-7-9-16/h5-14,19-21H,4H2,1-3H3,(H,25,29)(H,23,24,26)/t19-,20-,21+/m1/s1. The average molecular weight is 390 g/mol. The molecule has 0 radical (unpaired) electrons. The van der Waals surface area contributed by atoms with Gasteiger partial charge in [0.1, 0.15) is 12.4 Å². The molecule has 2 aromatic carbocycles. The average Bonchev–Trinajstić information content (AvgIpc) is 3.22. The first kappa shape index (κ1) is 19.0. The lowest BCUT2D eigenvalue weighted by Gasteiger charge is -2.40. The van der Waals surface area contributed by atoms with Crippen LogP contribution >= 0.6 is 0 Å². The van der Waals surface area contributed by atoms with Gasteiger partial charge in [-0.2, -0.15) is 10.1 Å². The van der Waals surface area contributed by atoms with Crippen molar-refractivity contribution in [2.45, 2.75) is 31.5 Å². The summed E-state index contributed by atoms with van der Waals surface area (Å²) in [5.74, 6) is 0.707. The number of benzene rings is 2. The van der Waals surface area contributed by atoms with Crippen LogP contribution < -0.4 is 15.5 Å². The van der Waals surface area contributed by atoms with E-state index in [0.717, 1.165) is 16.8 Å². The quantitative estimate of drug-likeness (QED) is 0.701. The van der Waals surface area contributed by atoms with Gasteiger partial charge in [0.25, 0.3) is 0 Å². The van der Waals surface area contributed by atoms with Crippen molar-refractivity contribution in [2.24, 2.45) is 0 Å². The largest absolute Gasteiger partial charge is 0.378 e. The normalized spacial score (nSPS) is 20.4. The van der Waals surface area contributed by atoms with Crippen LogP contribution in [0.3, 0.4) is 0 Å². The Bertz CT molecular complexity index is 966. The molecule has 7 nitrogen and oxygen atoms in total. The molecule has 0 saturated carbocycles. The highest BCUT2D eigenvalue weighted by Gasteiger charge is 2.40. The van der Waals surface area contributed by atoms with E-state index in [-0.39, 0.29) is 24.0 Å². The third kappa shape index (κ3) is 3.68. The van der Waals surface area contributed by atoms with Crippen LogP contribution in [0.4, 0.5) is 11.6 Å². The molecule has 0 saturated heterocycles. The Morgan fingerprint density at radius 3 is 2.48 bits per heavy atom. The number of anilines is 2. The smallest absolute Gasteiger partial charge is 0.222 e. The van der Waals surface area contributed by atoms with Crippen LogP contribution in [0.2, 0.25) is 0 Å². The van der Waals surface area contributed by atoms with Gasteiger partial charge in [-0.25, -0.2) is 4.68 Å². The van der Waals surface area contributed by atoms with Gasteiger partial charge in [-0.1, -0.05) is 49.4 Å². The summed E-state index contributed by atoms with van der Waals surface area (Å²) in [4.78, 5) is 18.9. The second-order valence-corrected chi connectivity index (χ2v) is 7.44. The van der Waals surface area contributed by atoms with Gasteiger partial charge in [-0.05, 0) is 23.3 Å². The minimum Gasteiger partial charge on any atom is -0.378 e. The summed E-state index contributed by atoms with van der Waals surface area (Å²) in [6.07, 6.45) is 1.98. The summed E-state index contributed by atoms with van der Waals surface area (Å²) in [5.41, 5.74) is 3.30. The monoisotopic (exact) mass is 390 g/mol. The van der Waals surface area contributed by atoms with Crippen molar-refractivity contribution < 1.29 is 4.79 Å². The van der Waals surface area contributed by atoms with Gasteiger partial charge >= 0.3 is 0 Å². The second-order valence-electron chi connectivity index (χ2n) is 7.44. The Labute approximate surface area is 170 Å². The van der Waals surface area contributed by atoms with Crippen molar-refractivity contribution in [1.29, 1.82) is 0 Å². The van der Waals surface area contributed by atoms with Crippen LogP contribution in [-0.4, -0.2) is 40.8 Å². The molecule has 1 aromatic heterocycles. The first-order valence-electron chi connectivity index (χ1n) is 9.86. The molecule has 29 heavy (non-hydrogen) atoms. The lowest BCUT2D eigenvalue weighted by atomic mass is 9.87. The number of amides is 1. The number of hydrogen-bond acceptors (Lipinski definition) is 5. The molecule has 0 fully saturated rings. The fourth-order valence-electron chi connectivity index (χ4n) is 3.84. The van der Waals surface area contributed by atoms with E-state index in [1.165, 1.54) is 0 Å². The van der Waals surface area contributed by atoms with Crippen LogP contribution in [0.1, 0.15) is 36.6 Å². The summed E-state index contributed by atoms with van der Waals surface area (Å²) in [6.45, 7) is 1.87. The number of fused-ring (bicyclic) bond motifs is 1. The molecule has 0 bridgehead atoms. The third-order valence-corrected chi connectivity index (χ3v) is 5.38. The second kappa shape index (κ2) is 7.95. The van der Waals surface area contributed by atoms with Crippen LogP contribution in [-0.2, 0) is 4.79 Å². The van der Waals surface area contributed by atoms with Gasteiger partial charge in [0.2, 0.25) is 11.9 Å². The summed E-state index contributed by atoms with van der Waals surface area (Å²) >= 11 is 0. The molecule has 1 aliphatic heterocycles. The molecule has 1 amide bonds. The number of carbonyl (C=O) groups is 1. The van der Waals surface area contributed by atoms with Gasteiger partial charge in [-0.3, -0.25) is 4.79 Å². The molecule has 150 valence electrons. The van der Waals surface area contributed by atoms with Gasteiger partial charge < -0.3 is 15.5 Å². The maximum Gasteiger partial charge on any atom is 0.222 e. The Kier molecular flexibility index (Phi) is 5.20. The van der Waals surface area contributed by atoms with Crippen LogP contribution in [0.25, 0.3) is 0 Å². The predicted molar refractivity (Wildman–Crippen MR) is 114 cm³/mol. The Balaban J connectivity index is 1.80. The highest BCUT2D eigenvalue weighted by Crippen LogP contribution is 2.38. The maximum atomic E-state index is 12.4. The minimum absolute atomic E-state index is 0.0104. The topological polar surface area (TPSA) is 75.1 Å².